The van der Waals surface area contributed by atoms with E-state index in [-0.39, 0.29) is 5.82 Å². The van der Waals surface area contributed by atoms with Gasteiger partial charge in [-0.3, -0.25) is 0 Å². The normalized spacial score (nSPS) is 11.1. The fourth-order valence-corrected chi connectivity index (χ4v) is 4.28. The summed E-state index contributed by atoms with van der Waals surface area (Å²) in [6, 6.07) is 17.3. The van der Waals surface area contributed by atoms with Crippen molar-refractivity contribution >= 4 is 27.4 Å². The zero-order valence-corrected chi connectivity index (χ0v) is 17.5. The van der Waals surface area contributed by atoms with Gasteiger partial charge in [-0.2, -0.15) is 0 Å². The molecule has 4 rings (SSSR count). The molecular weight excluding hydrogens is 381 g/mol. The van der Waals surface area contributed by atoms with Crippen molar-refractivity contribution in [2.45, 2.75) is 33.1 Å². The van der Waals surface area contributed by atoms with Crippen molar-refractivity contribution in [3.05, 3.63) is 76.7 Å². The number of anilines is 1. The summed E-state index contributed by atoms with van der Waals surface area (Å²) in [4.78, 5) is 11.6. The molecule has 0 atom stereocenters. The maximum atomic E-state index is 13.1. The van der Waals surface area contributed by atoms with Gasteiger partial charge in [-0.05, 0) is 54.7 Å². The van der Waals surface area contributed by atoms with Gasteiger partial charge in [0.2, 0.25) is 0 Å². The largest absolute Gasteiger partial charge is 0.369 e. The number of aryl methyl sites for hydroxylation is 3. The Morgan fingerprint density at radius 3 is 2.34 bits per heavy atom. The number of nitrogens with zero attached hydrogens (tertiary/aromatic N) is 2. The second-order valence-electron chi connectivity index (χ2n) is 7.15. The number of aromatic nitrogens is 2. The van der Waals surface area contributed by atoms with Crippen LogP contribution in [0, 0.1) is 12.7 Å². The number of hydrogen-bond acceptors (Lipinski definition) is 4. The minimum atomic E-state index is -0.206. The average Bonchev–Trinajstić information content (AvgIpc) is 3.12. The van der Waals surface area contributed by atoms with E-state index in [1.54, 1.807) is 11.3 Å². The first-order valence-corrected chi connectivity index (χ1v) is 10.8. The van der Waals surface area contributed by atoms with Crippen molar-refractivity contribution in [1.29, 1.82) is 0 Å². The summed E-state index contributed by atoms with van der Waals surface area (Å²) in [5.74, 6) is 1.63. The van der Waals surface area contributed by atoms with Gasteiger partial charge in [0.15, 0.2) is 0 Å². The van der Waals surface area contributed by atoms with E-state index in [2.05, 4.69) is 59.5 Å². The third kappa shape index (κ3) is 4.62. The quantitative estimate of drug-likeness (QED) is 0.361. The van der Waals surface area contributed by atoms with Crippen LogP contribution in [0.4, 0.5) is 10.2 Å². The first kappa shape index (κ1) is 19.5. The fourth-order valence-electron chi connectivity index (χ4n) is 3.38. The monoisotopic (exact) mass is 405 g/mol. The number of thiophene rings is 1. The number of benzene rings is 2. The lowest BCUT2D eigenvalue weighted by molar-refractivity contribution is 0.628. The minimum absolute atomic E-state index is 0.206. The molecule has 5 heteroatoms. The second kappa shape index (κ2) is 8.70. The van der Waals surface area contributed by atoms with Crippen LogP contribution >= 0.6 is 11.3 Å². The molecule has 0 unspecified atom stereocenters. The van der Waals surface area contributed by atoms with Crippen LogP contribution in [0.3, 0.4) is 0 Å². The van der Waals surface area contributed by atoms with Crippen molar-refractivity contribution in [1.82, 2.24) is 9.97 Å². The average molecular weight is 406 g/mol. The molecule has 1 N–H and O–H groups in total. The van der Waals surface area contributed by atoms with Crippen LogP contribution in [-0.4, -0.2) is 16.5 Å². The van der Waals surface area contributed by atoms with E-state index in [9.17, 15) is 4.39 Å². The molecule has 29 heavy (non-hydrogen) atoms. The zero-order chi connectivity index (χ0) is 20.2. The van der Waals surface area contributed by atoms with Crippen molar-refractivity contribution < 1.29 is 4.39 Å². The van der Waals surface area contributed by atoms with E-state index in [0.29, 0.717) is 0 Å². The summed E-state index contributed by atoms with van der Waals surface area (Å²) in [5.41, 5.74) is 3.44. The lowest BCUT2D eigenvalue weighted by Gasteiger charge is -2.09. The van der Waals surface area contributed by atoms with Crippen LogP contribution in [0.1, 0.15) is 29.6 Å². The number of fused-ring (bicyclic) bond motifs is 1. The Morgan fingerprint density at radius 1 is 0.966 bits per heavy atom. The molecule has 0 aliphatic carbocycles. The highest BCUT2D eigenvalue weighted by molar-refractivity contribution is 7.18. The maximum Gasteiger partial charge on any atom is 0.138 e. The lowest BCUT2D eigenvalue weighted by Crippen LogP contribution is -2.07. The first-order chi connectivity index (χ1) is 14.1. The molecule has 0 spiro atoms. The molecule has 0 saturated heterocycles. The molecule has 4 aromatic rings. The molecule has 148 valence electrons. The molecule has 0 amide bonds. The molecule has 0 fully saturated rings. The Hall–Kier alpha value is -2.79. The SMILES string of the molecule is CCc1nc(NCCCc2ccc(-c3ccc(F)cc3)cc2)c2cc(C)sc2n1. The standard InChI is InChI=1S/C24H24FN3S/c1-3-22-27-23(21-15-16(2)29-24(21)28-22)26-14-4-5-17-6-8-18(9-7-17)19-10-12-20(25)13-11-19/h6-13,15H,3-5,14H2,1-2H3,(H,26,27,28). The molecule has 3 nitrogen and oxygen atoms in total. The summed E-state index contributed by atoms with van der Waals surface area (Å²) in [6.45, 7) is 5.06. The smallest absolute Gasteiger partial charge is 0.138 e. The van der Waals surface area contributed by atoms with Gasteiger partial charge >= 0.3 is 0 Å². The minimum Gasteiger partial charge on any atom is -0.369 e. The fraction of sp³-hybridized carbons (Fsp3) is 0.250. The Labute approximate surface area is 174 Å². The third-order valence-electron chi connectivity index (χ3n) is 4.94. The number of nitrogens with one attached hydrogen (secondary N) is 1. The Bertz CT molecular complexity index is 1100. The van der Waals surface area contributed by atoms with Gasteiger partial charge in [0.25, 0.3) is 0 Å². The van der Waals surface area contributed by atoms with Crippen LogP contribution in [0.5, 0.6) is 0 Å². The summed E-state index contributed by atoms with van der Waals surface area (Å²) in [5, 5.41) is 4.63. The molecule has 0 radical (unpaired) electrons. The molecule has 2 aromatic carbocycles. The van der Waals surface area contributed by atoms with Crippen molar-refractivity contribution in [3.8, 4) is 11.1 Å². The van der Waals surface area contributed by atoms with E-state index < -0.39 is 0 Å². The zero-order valence-electron chi connectivity index (χ0n) is 16.7. The molecule has 0 bridgehead atoms. The number of halogens is 1. The Balaban J connectivity index is 1.36. The van der Waals surface area contributed by atoms with Crippen molar-refractivity contribution in [3.63, 3.8) is 0 Å². The highest BCUT2D eigenvalue weighted by Crippen LogP contribution is 2.28. The predicted molar refractivity (Wildman–Crippen MR) is 120 cm³/mol. The van der Waals surface area contributed by atoms with Gasteiger partial charge in [-0.1, -0.05) is 43.3 Å². The number of rotatable bonds is 7. The van der Waals surface area contributed by atoms with Crippen molar-refractivity contribution in [2.24, 2.45) is 0 Å². The van der Waals surface area contributed by atoms with Crippen molar-refractivity contribution in [2.75, 3.05) is 11.9 Å². The van der Waals surface area contributed by atoms with Gasteiger partial charge in [-0.25, -0.2) is 14.4 Å². The topological polar surface area (TPSA) is 37.8 Å². The van der Waals surface area contributed by atoms with Crippen LogP contribution in [0.25, 0.3) is 21.3 Å². The Kier molecular flexibility index (Phi) is 5.86. The van der Waals surface area contributed by atoms with Crippen LogP contribution < -0.4 is 5.32 Å². The summed E-state index contributed by atoms with van der Waals surface area (Å²) in [6.07, 6.45) is 2.85. The van der Waals surface area contributed by atoms with E-state index in [1.807, 2.05) is 12.1 Å². The maximum absolute atomic E-state index is 13.1. The van der Waals surface area contributed by atoms with Crippen LogP contribution in [0.2, 0.25) is 0 Å². The van der Waals surface area contributed by atoms with Gasteiger partial charge in [0.1, 0.15) is 22.3 Å². The third-order valence-corrected chi connectivity index (χ3v) is 5.89. The molecule has 0 aliphatic rings. The Morgan fingerprint density at radius 2 is 1.66 bits per heavy atom. The summed E-state index contributed by atoms with van der Waals surface area (Å²) in [7, 11) is 0. The summed E-state index contributed by atoms with van der Waals surface area (Å²) >= 11 is 1.72. The molecular formula is C24H24FN3S. The molecule has 0 saturated carbocycles. The van der Waals surface area contributed by atoms with Crippen LogP contribution in [-0.2, 0) is 12.8 Å². The predicted octanol–water partition coefficient (Wildman–Crippen LogP) is 6.41. The van der Waals surface area contributed by atoms with Crippen LogP contribution in [0.15, 0.2) is 54.6 Å². The highest BCUT2D eigenvalue weighted by Gasteiger charge is 2.09. The highest BCUT2D eigenvalue weighted by atomic mass is 32.1. The summed E-state index contributed by atoms with van der Waals surface area (Å²) < 4.78 is 13.1. The van der Waals surface area contributed by atoms with E-state index >= 15 is 0 Å². The second-order valence-corrected chi connectivity index (χ2v) is 8.39. The van der Waals surface area contributed by atoms with E-state index in [0.717, 1.165) is 58.8 Å². The van der Waals surface area contributed by atoms with E-state index in [1.165, 1.54) is 22.6 Å². The number of hydrogen-bond donors (Lipinski definition) is 1. The van der Waals surface area contributed by atoms with Gasteiger partial charge < -0.3 is 5.32 Å². The lowest BCUT2D eigenvalue weighted by atomic mass is 10.0. The molecule has 2 heterocycles. The van der Waals surface area contributed by atoms with Gasteiger partial charge in [-0.15, -0.1) is 11.3 Å². The molecule has 0 aliphatic heterocycles. The first-order valence-electron chi connectivity index (χ1n) is 9.98. The van der Waals surface area contributed by atoms with Gasteiger partial charge in [0, 0.05) is 17.8 Å². The van der Waals surface area contributed by atoms with E-state index in [4.69, 9.17) is 0 Å². The molecule has 2 aromatic heterocycles. The van der Waals surface area contributed by atoms with Gasteiger partial charge in [0.05, 0.1) is 5.39 Å².